The summed E-state index contributed by atoms with van der Waals surface area (Å²) in [6, 6.07) is 34.8. The molecule has 3 aliphatic heterocycles. The first-order valence-electron chi connectivity index (χ1n) is 22.3. The average Bonchev–Trinajstić information content (AvgIpc) is 3.33. The van der Waals surface area contributed by atoms with Gasteiger partial charge >= 0.3 is 12.5 Å². The highest BCUT2D eigenvalue weighted by molar-refractivity contribution is 5.94. The van der Waals surface area contributed by atoms with Gasteiger partial charge < -0.3 is 44.9 Å². The van der Waals surface area contributed by atoms with E-state index in [1.807, 2.05) is 54.6 Å². The number of phenolic OH excluding ortho intramolecular Hbond substituents is 1. The Hall–Kier alpha value is -6.88. The number of carbonyl (C=O) groups excluding carboxylic acids is 2. The Bertz CT molecular complexity index is 2690. The first-order chi connectivity index (χ1) is 32.4. The van der Waals surface area contributed by atoms with Crippen molar-refractivity contribution < 1.29 is 47.2 Å². The number of H-pyrrole nitrogens is 1. The highest BCUT2D eigenvalue weighted by Crippen LogP contribution is 2.32. The minimum Gasteiger partial charge on any atom is -0.506 e. The van der Waals surface area contributed by atoms with E-state index in [-0.39, 0.29) is 49.2 Å². The van der Waals surface area contributed by atoms with Crippen molar-refractivity contribution in [1.82, 2.24) is 25.4 Å². The summed E-state index contributed by atoms with van der Waals surface area (Å²) in [7, 11) is 0. The standard InChI is InChI=1S/C51H52F3N5O8/c52-51(53,54)67-44-13-5-4-10-38(44)30-59(25-7-24-55-29-43(61)40-18-20-42(60)48-41(40)19-21-46(62)56-48)49(63)36-16-14-33(15-17-36)32-65-39-12-6-11-37(28-39)47(35-8-2-1-3-9-35)57-50(64)66-45-31-58-26-22-34(45)23-27-58/h1-6,8-21,28,34,43,45,47,55,60-61H,7,22-27,29-32H2,(H,56,62)(H,57,64)/t43?,45?,47-/m0/s1. The minimum absolute atomic E-state index is 0.0991. The lowest BCUT2D eigenvalue weighted by molar-refractivity contribution is -0.275. The van der Waals surface area contributed by atoms with Crippen molar-refractivity contribution >= 4 is 22.9 Å². The molecule has 3 fully saturated rings. The predicted octanol–water partition coefficient (Wildman–Crippen LogP) is 7.98. The number of benzene rings is 5. The number of aliphatic hydroxyl groups excluding tert-OH is 1. The molecule has 0 spiro atoms. The summed E-state index contributed by atoms with van der Waals surface area (Å²) in [5, 5.41) is 28.0. The largest absolute Gasteiger partial charge is 0.573 e. The number of fused-ring (bicyclic) bond motifs is 4. The third kappa shape index (κ3) is 12.1. The van der Waals surface area contributed by atoms with Crippen LogP contribution in [-0.2, 0) is 17.9 Å². The van der Waals surface area contributed by atoms with Crippen LogP contribution in [0.1, 0.15) is 69.6 Å². The molecule has 13 nitrogen and oxygen atoms in total. The number of aliphatic hydroxyl groups is 1. The van der Waals surface area contributed by atoms with Crippen LogP contribution in [-0.4, -0.2) is 88.7 Å². The normalized spacial score (nSPS) is 17.6. The van der Waals surface area contributed by atoms with E-state index >= 15 is 0 Å². The maximum Gasteiger partial charge on any atom is 0.573 e. The number of para-hydroxylation sites is 1. The number of aromatic hydroxyl groups is 1. The number of alkyl halides is 3. The Balaban J connectivity index is 0.909. The zero-order chi connectivity index (χ0) is 46.9. The van der Waals surface area contributed by atoms with Crippen LogP contribution in [0.3, 0.4) is 0 Å². The summed E-state index contributed by atoms with van der Waals surface area (Å²) in [6.45, 7) is 3.38. The van der Waals surface area contributed by atoms with Crippen LogP contribution in [0.4, 0.5) is 18.0 Å². The van der Waals surface area contributed by atoms with Gasteiger partial charge in [0.05, 0.1) is 17.7 Å². The number of hydrogen-bond acceptors (Lipinski definition) is 10. The number of nitrogens with one attached hydrogen (secondary N) is 3. The predicted molar refractivity (Wildman–Crippen MR) is 245 cm³/mol. The van der Waals surface area contributed by atoms with Gasteiger partial charge in [0.2, 0.25) is 5.56 Å². The number of amides is 2. The zero-order valence-electron chi connectivity index (χ0n) is 36.6. The van der Waals surface area contributed by atoms with Crippen molar-refractivity contribution in [3.8, 4) is 17.2 Å². The molecule has 0 radical (unpaired) electrons. The quantitative estimate of drug-likeness (QED) is 0.0534. The molecule has 4 heterocycles. The van der Waals surface area contributed by atoms with Crippen LogP contribution in [0.15, 0.2) is 132 Å². The molecule has 350 valence electrons. The summed E-state index contributed by atoms with van der Waals surface area (Å²) in [5.74, 6) is -0.0290. The SMILES string of the molecule is O=C(N[C@@H](c1ccccc1)c1cccc(OCc2ccc(C(=O)N(CCCNCC(O)c3ccc(O)c4[nH]c(=O)ccc34)Cc3ccccc3OC(F)(F)F)cc2)c1)OC1CN2CCC1CC2. The van der Waals surface area contributed by atoms with Crippen molar-refractivity contribution in [3.05, 3.63) is 171 Å². The topological polar surface area (TPSA) is 166 Å². The van der Waals surface area contributed by atoms with Gasteiger partial charge in [-0.2, -0.15) is 0 Å². The molecule has 16 heteroatoms. The third-order valence-corrected chi connectivity index (χ3v) is 12.3. The van der Waals surface area contributed by atoms with E-state index in [1.165, 1.54) is 41.3 Å². The molecule has 3 atom stereocenters. The maximum atomic E-state index is 14.1. The fourth-order valence-electron chi connectivity index (χ4n) is 8.82. The number of hydrogen-bond donors (Lipinski definition) is 5. The second-order valence-electron chi connectivity index (χ2n) is 16.9. The number of rotatable bonds is 18. The summed E-state index contributed by atoms with van der Waals surface area (Å²) < 4.78 is 56.6. The van der Waals surface area contributed by atoms with E-state index in [0.29, 0.717) is 41.1 Å². The third-order valence-electron chi connectivity index (χ3n) is 12.3. The van der Waals surface area contributed by atoms with Crippen LogP contribution in [0.5, 0.6) is 17.2 Å². The van der Waals surface area contributed by atoms with Crippen LogP contribution < -0.4 is 25.7 Å². The number of ether oxygens (including phenoxy) is 3. The number of halogens is 3. The van der Waals surface area contributed by atoms with Gasteiger partial charge in [-0.05, 0) is 110 Å². The monoisotopic (exact) mass is 919 g/mol. The molecule has 2 unspecified atom stereocenters. The van der Waals surface area contributed by atoms with Crippen molar-refractivity contribution in [1.29, 1.82) is 0 Å². The smallest absolute Gasteiger partial charge is 0.506 e. The molecule has 3 aliphatic rings. The Morgan fingerprint density at radius 2 is 1.63 bits per heavy atom. The molecule has 2 bridgehead atoms. The number of pyridine rings is 1. The van der Waals surface area contributed by atoms with Gasteiger partial charge in [0, 0.05) is 48.8 Å². The number of aromatic amines is 1. The second-order valence-corrected chi connectivity index (χ2v) is 16.9. The van der Waals surface area contributed by atoms with Gasteiger partial charge in [-0.25, -0.2) is 4.79 Å². The van der Waals surface area contributed by atoms with Crippen molar-refractivity contribution in [2.24, 2.45) is 5.92 Å². The molecule has 6 aromatic rings. The van der Waals surface area contributed by atoms with E-state index < -0.39 is 41.8 Å². The van der Waals surface area contributed by atoms with E-state index in [2.05, 4.69) is 25.3 Å². The summed E-state index contributed by atoms with van der Waals surface area (Å²) in [6.07, 6.45) is -4.14. The number of carbonyl (C=O) groups is 2. The Labute approximate surface area is 385 Å². The summed E-state index contributed by atoms with van der Waals surface area (Å²) in [5.41, 5.74) is 3.20. The molecule has 9 rings (SSSR count). The lowest BCUT2D eigenvalue weighted by Gasteiger charge is -2.43. The van der Waals surface area contributed by atoms with E-state index in [4.69, 9.17) is 9.47 Å². The van der Waals surface area contributed by atoms with Crippen LogP contribution in [0, 0.1) is 5.92 Å². The Kier molecular flexibility index (Phi) is 14.7. The summed E-state index contributed by atoms with van der Waals surface area (Å²) >= 11 is 0. The fraction of sp³-hybridized carbons (Fsp3) is 0.314. The zero-order valence-corrected chi connectivity index (χ0v) is 36.6. The average molecular weight is 920 g/mol. The van der Waals surface area contributed by atoms with E-state index in [9.17, 15) is 37.8 Å². The molecular formula is C51H52F3N5O8. The van der Waals surface area contributed by atoms with Crippen molar-refractivity contribution in [2.45, 2.75) is 57.0 Å². The highest BCUT2D eigenvalue weighted by Gasteiger charge is 2.37. The van der Waals surface area contributed by atoms with Gasteiger partial charge in [-0.3, -0.25) is 14.5 Å². The highest BCUT2D eigenvalue weighted by atomic mass is 19.4. The number of alkyl carbamates (subject to hydrolysis) is 1. The molecule has 2 amide bonds. The Morgan fingerprint density at radius 3 is 2.37 bits per heavy atom. The van der Waals surface area contributed by atoms with Crippen LogP contribution >= 0.6 is 0 Å². The van der Waals surface area contributed by atoms with Gasteiger partial charge in [-0.15, -0.1) is 13.2 Å². The number of nitrogens with zero attached hydrogens (tertiary/aromatic N) is 2. The minimum atomic E-state index is -4.94. The van der Waals surface area contributed by atoms with Gasteiger partial charge in [0.1, 0.15) is 30.0 Å². The van der Waals surface area contributed by atoms with E-state index in [1.54, 1.807) is 36.4 Å². The molecular weight excluding hydrogens is 868 g/mol. The number of phenols is 1. The lowest BCUT2D eigenvalue weighted by atomic mass is 9.86. The summed E-state index contributed by atoms with van der Waals surface area (Å²) in [4.78, 5) is 45.6. The van der Waals surface area contributed by atoms with Gasteiger partial charge in [0.15, 0.2) is 0 Å². The molecule has 67 heavy (non-hydrogen) atoms. The molecule has 5 N–H and O–H groups in total. The van der Waals surface area contributed by atoms with E-state index in [0.717, 1.165) is 49.2 Å². The number of aromatic nitrogens is 1. The molecule has 1 aromatic heterocycles. The fourth-order valence-corrected chi connectivity index (χ4v) is 8.82. The van der Waals surface area contributed by atoms with Crippen molar-refractivity contribution in [2.75, 3.05) is 39.3 Å². The first kappa shape index (κ1) is 46.6. The molecule has 3 saturated heterocycles. The lowest BCUT2D eigenvalue weighted by Crippen LogP contribution is -2.52. The van der Waals surface area contributed by atoms with Crippen LogP contribution in [0.2, 0.25) is 0 Å². The molecule has 0 saturated carbocycles. The Morgan fingerprint density at radius 1 is 0.881 bits per heavy atom. The second kappa shape index (κ2) is 21.2. The maximum absolute atomic E-state index is 14.1. The number of piperidine rings is 3. The molecule has 5 aromatic carbocycles. The van der Waals surface area contributed by atoms with Gasteiger partial charge in [-0.1, -0.05) is 78.9 Å². The molecule has 0 aliphatic carbocycles. The first-order valence-corrected chi connectivity index (χ1v) is 22.3. The van der Waals surface area contributed by atoms with Gasteiger partial charge in [0.25, 0.3) is 5.91 Å². The van der Waals surface area contributed by atoms with Crippen LogP contribution in [0.25, 0.3) is 10.9 Å². The van der Waals surface area contributed by atoms with Crippen molar-refractivity contribution in [3.63, 3.8) is 0 Å².